The van der Waals surface area contributed by atoms with Gasteiger partial charge in [0.2, 0.25) is 5.95 Å². The van der Waals surface area contributed by atoms with Crippen LogP contribution >= 0.6 is 15.9 Å². The van der Waals surface area contributed by atoms with Gasteiger partial charge in [0, 0.05) is 38.6 Å². The summed E-state index contributed by atoms with van der Waals surface area (Å²) in [4.78, 5) is 16.8. The first-order valence-corrected chi connectivity index (χ1v) is 8.52. The lowest BCUT2D eigenvalue weighted by Gasteiger charge is -2.33. The van der Waals surface area contributed by atoms with Crippen molar-refractivity contribution >= 4 is 31.9 Å². The van der Waals surface area contributed by atoms with Gasteiger partial charge in [0.15, 0.2) is 5.03 Å². The largest absolute Gasteiger partial charge is 0.338 e. The molecule has 1 aliphatic rings. The van der Waals surface area contributed by atoms with Gasteiger partial charge < -0.3 is 9.88 Å². The number of H-pyrrole nitrogens is 1. The van der Waals surface area contributed by atoms with Crippen LogP contribution in [0.1, 0.15) is 0 Å². The molecule has 0 spiro atoms. The van der Waals surface area contributed by atoms with Crippen LogP contribution in [0.15, 0.2) is 34.4 Å². The van der Waals surface area contributed by atoms with Gasteiger partial charge in [0.1, 0.15) is 0 Å². The molecule has 3 heterocycles. The van der Waals surface area contributed by atoms with Crippen LogP contribution in [0.25, 0.3) is 0 Å². The van der Waals surface area contributed by atoms with Crippen molar-refractivity contribution in [3.8, 4) is 0 Å². The van der Waals surface area contributed by atoms with E-state index in [1.165, 1.54) is 16.8 Å². The van der Waals surface area contributed by atoms with Crippen molar-refractivity contribution in [1.29, 1.82) is 0 Å². The lowest BCUT2D eigenvalue weighted by molar-refractivity contribution is 0.381. The second-order valence-corrected chi connectivity index (χ2v) is 7.33. The van der Waals surface area contributed by atoms with Gasteiger partial charge in [-0.25, -0.2) is 23.4 Å². The van der Waals surface area contributed by atoms with E-state index < -0.39 is 10.0 Å². The molecule has 0 radical (unpaired) electrons. The van der Waals surface area contributed by atoms with E-state index in [0.717, 1.165) is 4.47 Å². The van der Waals surface area contributed by atoms with E-state index in [9.17, 15) is 8.42 Å². The zero-order chi connectivity index (χ0) is 14.9. The van der Waals surface area contributed by atoms with Crippen molar-refractivity contribution in [1.82, 2.24) is 24.2 Å². The third-order valence-corrected chi connectivity index (χ3v) is 5.45. The van der Waals surface area contributed by atoms with E-state index in [0.29, 0.717) is 32.1 Å². The molecule has 0 amide bonds. The number of sulfonamides is 1. The highest BCUT2D eigenvalue weighted by atomic mass is 79.9. The standard InChI is InChI=1S/C11H13BrN6O2S/c12-9-5-14-11(15-6-9)17-1-3-18(4-2-17)21(19,20)10-7-13-8-16-10/h5-8H,1-4H2,(H,13,16). The number of aromatic amines is 1. The molecule has 3 rings (SSSR count). The smallest absolute Gasteiger partial charge is 0.260 e. The molecule has 1 saturated heterocycles. The molecular formula is C11H13BrN6O2S. The maximum absolute atomic E-state index is 12.3. The lowest BCUT2D eigenvalue weighted by atomic mass is 10.4. The number of hydrogen-bond acceptors (Lipinski definition) is 6. The summed E-state index contributed by atoms with van der Waals surface area (Å²) in [6.45, 7) is 1.88. The average molecular weight is 373 g/mol. The molecular weight excluding hydrogens is 360 g/mol. The van der Waals surface area contributed by atoms with Gasteiger partial charge in [0.25, 0.3) is 10.0 Å². The molecule has 0 bridgehead atoms. The summed E-state index contributed by atoms with van der Waals surface area (Å²) in [5.74, 6) is 0.608. The second-order valence-electron chi connectivity index (χ2n) is 4.51. The number of piperazine rings is 1. The molecule has 0 atom stereocenters. The van der Waals surface area contributed by atoms with Gasteiger partial charge in [-0.2, -0.15) is 4.31 Å². The Morgan fingerprint density at radius 2 is 1.76 bits per heavy atom. The summed E-state index contributed by atoms with van der Waals surface area (Å²) in [5.41, 5.74) is 0. The summed E-state index contributed by atoms with van der Waals surface area (Å²) >= 11 is 3.29. The number of halogens is 1. The van der Waals surface area contributed by atoms with E-state index in [1.807, 2.05) is 4.90 Å². The first kappa shape index (κ1) is 14.4. The Bertz CT molecular complexity index is 695. The van der Waals surface area contributed by atoms with Gasteiger partial charge >= 0.3 is 0 Å². The molecule has 21 heavy (non-hydrogen) atoms. The van der Waals surface area contributed by atoms with Gasteiger partial charge in [0.05, 0.1) is 17.0 Å². The van der Waals surface area contributed by atoms with Crippen LogP contribution < -0.4 is 4.90 Å². The van der Waals surface area contributed by atoms with E-state index >= 15 is 0 Å². The number of imidazole rings is 1. The van der Waals surface area contributed by atoms with Crippen molar-refractivity contribution in [2.45, 2.75) is 5.03 Å². The van der Waals surface area contributed by atoms with E-state index in [4.69, 9.17) is 0 Å². The molecule has 1 N–H and O–H groups in total. The fourth-order valence-electron chi connectivity index (χ4n) is 2.12. The van der Waals surface area contributed by atoms with Crippen molar-refractivity contribution < 1.29 is 8.42 Å². The Hall–Kier alpha value is -1.52. The molecule has 0 aliphatic carbocycles. The molecule has 112 valence electrons. The normalized spacial score (nSPS) is 17.1. The summed E-state index contributed by atoms with van der Waals surface area (Å²) in [6, 6.07) is 0. The molecule has 10 heteroatoms. The number of nitrogens with zero attached hydrogens (tertiary/aromatic N) is 5. The summed E-state index contributed by atoms with van der Waals surface area (Å²) < 4.78 is 26.9. The molecule has 0 saturated carbocycles. The molecule has 0 aromatic carbocycles. The predicted molar refractivity (Wildman–Crippen MR) is 79.3 cm³/mol. The Kier molecular flexibility index (Phi) is 3.91. The summed E-state index contributed by atoms with van der Waals surface area (Å²) in [6.07, 6.45) is 6.03. The highest BCUT2D eigenvalue weighted by molar-refractivity contribution is 9.10. The maximum atomic E-state index is 12.3. The maximum Gasteiger partial charge on any atom is 0.260 e. The van der Waals surface area contributed by atoms with E-state index in [1.54, 1.807) is 12.4 Å². The molecule has 2 aromatic rings. The van der Waals surface area contributed by atoms with Crippen molar-refractivity contribution in [2.75, 3.05) is 31.1 Å². The highest BCUT2D eigenvalue weighted by Crippen LogP contribution is 2.17. The number of rotatable bonds is 3. The summed E-state index contributed by atoms with van der Waals surface area (Å²) in [5, 5.41) is 0.121. The first-order chi connectivity index (χ1) is 10.1. The minimum atomic E-state index is -3.49. The molecule has 0 unspecified atom stereocenters. The fraction of sp³-hybridized carbons (Fsp3) is 0.364. The predicted octanol–water partition coefficient (Wildman–Crippen LogP) is 0.473. The molecule has 1 aliphatic heterocycles. The van der Waals surface area contributed by atoms with Crippen LogP contribution in [0.2, 0.25) is 0 Å². The summed E-state index contributed by atoms with van der Waals surface area (Å²) in [7, 11) is -3.49. The Morgan fingerprint density at radius 3 is 2.33 bits per heavy atom. The molecule has 2 aromatic heterocycles. The zero-order valence-corrected chi connectivity index (χ0v) is 13.4. The van der Waals surface area contributed by atoms with Crippen LogP contribution in [-0.4, -0.2) is 58.8 Å². The second kappa shape index (κ2) is 5.70. The van der Waals surface area contributed by atoms with Crippen LogP contribution in [0.3, 0.4) is 0 Å². The van der Waals surface area contributed by atoms with Gasteiger partial charge in [-0.3, -0.25) is 0 Å². The lowest BCUT2D eigenvalue weighted by Crippen LogP contribution is -2.49. The van der Waals surface area contributed by atoms with Crippen molar-refractivity contribution in [2.24, 2.45) is 0 Å². The Balaban J connectivity index is 1.69. The van der Waals surface area contributed by atoms with Crippen LogP contribution in [0.5, 0.6) is 0 Å². The third kappa shape index (κ3) is 2.92. The van der Waals surface area contributed by atoms with Crippen LogP contribution in [0, 0.1) is 0 Å². The highest BCUT2D eigenvalue weighted by Gasteiger charge is 2.30. The van der Waals surface area contributed by atoms with Crippen molar-refractivity contribution in [3.63, 3.8) is 0 Å². The quantitative estimate of drug-likeness (QED) is 0.841. The minimum absolute atomic E-state index is 0.121. The average Bonchev–Trinajstić information content (AvgIpc) is 3.03. The third-order valence-electron chi connectivity index (χ3n) is 3.22. The van der Waals surface area contributed by atoms with Gasteiger partial charge in [-0.05, 0) is 15.9 Å². The Labute approximate surface area is 130 Å². The topological polar surface area (TPSA) is 95.1 Å². The van der Waals surface area contributed by atoms with Gasteiger partial charge in [-0.15, -0.1) is 0 Å². The minimum Gasteiger partial charge on any atom is -0.338 e. The zero-order valence-electron chi connectivity index (χ0n) is 11.0. The van der Waals surface area contributed by atoms with E-state index in [2.05, 4.69) is 35.9 Å². The molecule has 8 nitrogen and oxygen atoms in total. The number of anilines is 1. The number of nitrogens with one attached hydrogen (secondary N) is 1. The van der Waals surface area contributed by atoms with Crippen LogP contribution in [0.4, 0.5) is 5.95 Å². The number of hydrogen-bond donors (Lipinski definition) is 1. The van der Waals surface area contributed by atoms with Crippen molar-refractivity contribution in [3.05, 3.63) is 29.4 Å². The fourth-order valence-corrected chi connectivity index (χ4v) is 3.64. The van der Waals surface area contributed by atoms with Crippen LogP contribution in [-0.2, 0) is 10.0 Å². The molecule has 1 fully saturated rings. The Morgan fingerprint density at radius 1 is 1.10 bits per heavy atom. The number of aromatic nitrogens is 4. The first-order valence-electron chi connectivity index (χ1n) is 6.28. The van der Waals surface area contributed by atoms with E-state index in [-0.39, 0.29) is 5.03 Å². The SMILES string of the molecule is O=S(=O)(c1cnc[nH]1)N1CCN(c2ncc(Br)cn2)CC1. The monoisotopic (exact) mass is 372 g/mol. The van der Waals surface area contributed by atoms with Gasteiger partial charge in [-0.1, -0.05) is 0 Å².